The van der Waals surface area contributed by atoms with Gasteiger partial charge in [0.25, 0.3) is 0 Å². The van der Waals surface area contributed by atoms with Crippen molar-refractivity contribution < 1.29 is 0 Å². The fourth-order valence-corrected chi connectivity index (χ4v) is 1.24. The SMILES string of the molecule is CCc1[nH]nc(C(C)N)c1C. The van der Waals surface area contributed by atoms with E-state index in [9.17, 15) is 0 Å². The molecule has 0 fully saturated rings. The van der Waals surface area contributed by atoms with E-state index in [4.69, 9.17) is 5.73 Å². The van der Waals surface area contributed by atoms with Crippen LogP contribution in [0.1, 0.15) is 36.8 Å². The normalized spacial score (nSPS) is 13.5. The smallest absolute Gasteiger partial charge is 0.0818 e. The van der Waals surface area contributed by atoms with Gasteiger partial charge in [0.15, 0.2) is 0 Å². The molecule has 0 aromatic carbocycles. The summed E-state index contributed by atoms with van der Waals surface area (Å²) in [7, 11) is 0. The summed E-state index contributed by atoms with van der Waals surface area (Å²) in [6.45, 7) is 6.11. The molecule has 1 aromatic heterocycles. The van der Waals surface area contributed by atoms with Crippen LogP contribution in [0.2, 0.25) is 0 Å². The molecule has 3 nitrogen and oxygen atoms in total. The van der Waals surface area contributed by atoms with Crippen LogP contribution < -0.4 is 5.73 Å². The maximum atomic E-state index is 5.70. The third kappa shape index (κ3) is 1.43. The lowest BCUT2D eigenvalue weighted by Crippen LogP contribution is -2.06. The molecule has 3 N–H and O–H groups in total. The molecule has 0 amide bonds. The van der Waals surface area contributed by atoms with Gasteiger partial charge in [-0.05, 0) is 25.8 Å². The molecule has 1 atom stereocenters. The standard InChI is InChI=1S/C8H15N3/c1-4-7-5(2)8(6(3)9)11-10-7/h6H,4,9H2,1-3H3,(H,10,11). The molecule has 0 radical (unpaired) electrons. The summed E-state index contributed by atoms with van der Waals surface area (Å²) in [4.78, 5) is 0. The molecule has 1 heterocycles. The van der Waals surface area contributed by atoms with E-state index in [2.05, 4.69) is 24.0 Å². The Balaban J connectivity index is 3.00. The predicted molar refractivity (Wildman–Crippen MR) is 45.3 cm³/mol. The monoisotopic (exact) mass is 153 g/mol. The zero-order chi connectivity index (χ0) is 8.43. The number of H-pyrrole nitrogens is 1. The fourth-order valence-electron chi connectivity index (χ4n) is 1.24. The molecule has 0 aliphatic carbocycles. The highest BCUT2D eigenvalue weighted by Gasteiger charge is 2.09. The van der Waals surface area contributed by atoms with Crippen molar-refractivity contribution in [1.82, 2.24) is 10.2 Å². The Morgan fingerprint density at radius 2 is 2.27 bits per heavy atom. The Bertz CT molecular complexity index is 237. The van der Waals surface area contributed by atoms with Crippen molar-refractivity contribution in [3.05, 3.63) is 17.0 Å². The van der Waals surface area contributed by atoms with Gasteiger partial charge in [-0.2, -0.15) is 5.10 Å². The highest BCUT2D eigenvalue weighted by Crippen LogP contribution is 2.15. The Kier molecular flexibility index (Phi) is 2.29. The molecule has 0 saturated carbocycles. The number of nitrogens with two attached hydrogens (primary N) is 1. The minimum atomic E-state index is 0.0338. The molecule has 0 spiro atoms. The van der Waals surface area contributed by atoms with Crippen LogP contribution in [-0.2, 0) is 6.42 Å². The van der Waals surface area contributed by atoms with Gasteiger partial charge >= 0.3 is 0 Å². The molecule has 0 bridgehead atoms. The number of aromatic amines is 1. The second-order valence-corrected chi connectivity index (χ2v) is 2.85. The summed E-state index contributed by atoms with van der Waals surface area (Å²) < 4.78 is 0. The van der Waals surface area contributed by atoms with Gasteiger partial charge in [0.1, 0.15) is 0 Å². The van der Waals surface area contributed by atoms with E-state index in [1.54, 1.807) is 0 Å². The number of nitrogens with zero attached hydrogens (tertiary/aromatic N) is 1. The third-order valence-electron chi connectivity index (χ3n) is 1.93. The third-order valence-corrected chi connectivity index (χ3v) is 1.93. The summed E-state index contributed by atoms with van der Waals surface area (Å²) in [6, 6.07) is 0.0338. The average molecular weight is 153 g/mol. The van der Waals surface area contributed by atoms with E-state index in [1.807, 2.05) is 6.92 Å². The number of hydrogen-bond donors (Lipinski definition) is 2. The maximum Gasteiger partial charge on any atom is 0.0818 e. The minimum Gasteiger partial charge on any atom is -0.323 e. The zero-order valence-electron chi connectivity index (χ0n) is 7.31. The first-order valence-corrected chi connectivity index (χ1v) is 3.96. The lowest BCUT2D eigenvalue weighted by Gasteiger charge is -2.00. The van der Waals surface area contributed by atoms with Gasteiger partial charge < -0.3 is 5.73 Å². The minimum absolute atomic E-state index is 0.0338. The molecule has 3 heteroatoms. The zero-order valence-corrected chi connectivity index (χ0v) is 7.31. The van der Waals surface area contributed by atoms with Gasteiger partial charge in [-0.25, -0.2) is 0 Å². The molecule has 62 valence electrons. The number of nitrogens with one attached hydrogen (secondary N) is 1. The Morgan fingerprint density at radius 3 is 2.55 bits per heavy atom. The second kappa shape index (κ2) is 3.05. The first-order chi connectivity index (χ1) is 5.16. The lowest BCUT2D eigenvalue weighted by atomic mass is 10.1. The summed E-state index contributed by atoms with van der Waals surface area (Å²) in [5.41, 5.74) is 9.09. The Hall–Kier alpha value is -0.830. The van der Waals surface area contributed by atoms with Crippen LogP contribution in [-0.4, -0.2) is 10.2 Å². The maximum absolute atomic E-state index is 5.70. The summed E-state index contributed by atoms with van der Waals surface area (Å²) in [6.07, 6.45) is 0.992. The summed E-state index contributed by atoms with van der Waals surface area (Å²) in [5.74, 6) is 0. The van der Waals surface area contributed by atoms with Crippen molar-refractivity contribution in [2.75, 3.05) is 0 Å². The summed E-state index contributed by atoms with van der Waals surface area (Å²) >= 11 is 0. The molecule has 0 saturated heterocycles. The van der Waals surface area contributed by atoms with Crippen LogP contribution in [0, 0.1) is 6.92 Å². The highest BCUT2D eigenvalue weighted by atomic mass is 15.1. The molecule has 0 aliphatic heterocycles. The Labute approximate surface area is 67.0 Å². The molecule has 1 rings (SSSR count). The van der Waals surface area contributed by atoms with Crippen LogP contribution in [0.3, 0.4) is 0 Å². The van der Waals surface area contributed by atoms with Gasteiger partial charge in [-0.3, -0.25) is 5.10 Å². The van der Waals surface area contributed by atoms with E-state index in [-0.39, 0.29) is 6.04 Å². The summed E-state index contributed by atoms with van der Waals surface area (Å²) in [5, 5.41) is 7.11. The van der Waals surface area contributed by atoms with Crippen molar-refractivity contribution in [3.8, 4) is 0 Å². The molecule has 1 aromatic rings. The van der Waals surface area contributed by atoms with Gasteiger partial charge in [0.2, 0.25) is 0 Å². The average Bonchev–Trinajstić information content (AvgIpc) is 2.30. The predicted octanol–water partition coefficient (Wildman–Crippen LogP) is 1.30. The van der Waals surface area contributed by atoms with Crippen LogP contribution in [0.15, 0.2) is 0 Å². The van der Waals surface area contributed by atoms with Crippen molar-refractivity contribution in [3.63, 3.8) is 0 Å². The van der Waals surface area contributed by atoms with Gasteiger partial charge in [-0.1, -0.05) is 6.92 Å². The topological polar surface area (TPSA) is 54.7 Å². The van der Waals surface area contributed by atoms with Gasteiger partial charge in [0, 0.05) is 11.7 Å². The van der Waals surface area contributed by atoms with E-state index < -0.39 is 0 Å². The molecular formula is C8H15N3. The molecule has 11 heavy (non-hydrogen) atoms. The van der Waals surface area contributed by atoms with E-state index in [1.165, 1.54) is 11.3 Å². The first kappa shape index (κ1) is 8.27. The van der Waals surface area contributed by atoms with Crippen LogP contribution in [0.4, 0.5) is 0 Å². The lowest BCUT2D eigenvalue weighted by molar-refractivity contribution is 0.766. The quantitative estimate of drug-likeness (QED) is 0.672. The number of aryl methyl sites for hydroxylation is 1. The Morgan fingerprint density at radius 1 is 1.64 bits per heavy atom. The van der Waals surface area contributed by atoms with Crippen molar-refractivity contribution in [1.29, 1.82) is 0 Å². The van der Waals surface area contributed by atoms with Crippen LogP contribution in [0.25, 0.3) is 0 Å². The fraction of sp³-hybridized carbons (Fsp3) is 0.625. The van der Waals surface area contributed by atoms with E-state index >= 15 is 0 Å². The number of rotatable bonds is 2. The van der Waals surface area contributed by atoms with Crippen molar-refractivity contribution in [2.45, 2.75) is 33.2 Å². The van der Waals surface area contributed by atoms with E-state index in [0.29, 0.717) is 0 Å². The molecule has 0 aliphatic rings. The molecular weight excluding hydrogens is 138 g/mol. The van der Waals surface area contributed by atoms with Gasteiger partial charge in [0.05, 0.1) is 5.69 Å². The van der Waals surface area contributed by atoms with Crippen LogP contribution >= 0.6 is 0 Å². The molecule has 1 unspecified atom stereocenters. The van der Waals surface area contributed by atoms with E-state index in [0.717, 1.165) is 12.1 Å². The van der Waals surface area contributed by atoms with Crippen LogP contribution in [0.5, 0.6) is 0 Å². The number of aromatic nitrogens is 2. The van der Waals surface area contributed by atoms with Gasteiger partial charge in [-0.15, -0.1) is 0 Å². The first-order valence-electron chi connectivity index (χ1n) is 3.96. The van der Waals surface area contributed by atoms with Crippen molar-refractivity contribution >= 4 is 0 Å². The second-order valence-electron chi connectivity index (χ2n) is 2.85. The highest BCUT2D eigenvalue weighted by molar-refractivity contribution is 5.25. The number of hydrogen-bond acceptors (Lipinski definition) is 2. The van der Waals surface area contributed by atoms with Crippen molar-refractivity contribution in [2.24, 2.45) is 5.73 Å². The largest absolute Gasteiger partial charge is 0.323 e.